The maximum Gasteiger partial charge on any atom is 0.224 e. The lowest BCUT2D eigenvalue weighted by atomic mass is 10.1. The van der Waals surface area contributed by atoms with Crippen LogP contribution in [0.2, 0.25) is 5.02 Å². The summed E-state index contributed by atoms with van der Waals surface area (Å²) in [4.78, 5) is 11.9. The average molecular weight is 369 g/mol. The minimum Gasteiger partial charge on any atom is -0.497 e. The van der Waals surface area contributed by atoms with Crippen LogP contribution < -0.4 is 10.1 Å². The van der Waals surface area contributed by atoms with Gasteiger partial charge in [0, 0.05) is 16.6 Å². The quantitative estimate of drug-likeness (QED) is 0.832. The van der Waals surface area contributed by atoms with Gasteiger partial charge in [-0.1, -0.05) is 23.7 Å². The second-order valence-electron chi connectivity index (χ2n) is 4.53. The zero-order chi connectivity index (χ0) is 15.2. The van der Waals surface area contributed by atoms with E-state index in [-0.39, 0.29) is 5.91 Å². The Bertz CT molecular complexity index is 629. The number of hydrogen-bond acceptors (Lipinski definition) is 2. The highest BCUT2D eigenvalue weighted by Gasteiger charge is 2.05. The lowest BCUT2D eigenvalue weighted by molar-refractivity contribution is -0.116. The molecule has 21 heavy (non-hydrogen) atoms. The van der Waals surface area contributed by atoms with Gasteiger partial charge in [0.15, 0.2) is 0 Å². The van der Waals surface area contributed by atoms with Gasteiger partial charge in [-0.3, -0.25) is 4.79 Å². The molecule has 110 valence electrons. The number of anilines is 1. The molecule has 0 aliphatic heterocycles. The van der Waals surface area contributed by atoms with Crippen molar-refractivity contribution in [1.29, 1.82) is 0 Å². The third-order valence-electron chi connectivity index (χ3n) is 3.00. The maximum atomic E-state index is 11.9. The van der Waals surface area contributed by atoms with Crippen LogP contribution in [0.1, 0.15) is 12.0 Å². The number of ether oxygens (including phenoxy) is 1. The van der Waals surface area contributed by atoms with E-state index in [1.54, 1.807) is 25.3 Å². The molecule has 3 nitrogen and oxygen atoms in total. The number of methoxy groups -OCH3 is 1. The number of nitrogens with one attached hydrogen (secondary N) is 1. The summed E-state index contributed by atoms with van der Waals surface area (Å²) in [5, 5.41) is 3.47. The van der Waals surface area contributed by atoms with Gasteiger partial charge < -0.3 is 10.1 Å². The Morgan fingerprint density at radius 1 is 1.24 bits per heavy atom. The molecule has 0 saturated heterocycles. The zero-order valence-corrected chi connectivity index (χ0v) is 13.9. The number of benzene rings is 2. The van der Waals surface area contributed by atoms with Gasteiger partial charge in [-0.25, -0.2) is 0 Å². The third kappa shape index (κ3) is 4.76. The first-order chi connectivity index (χ1) is 10.1. The highest BCUT2D eigenvalue weighted by atomic mass is 79.9. The fourth-order valence-corrected chi connectivity index (χ4v) is 2.34. The minimum absolute atomic E-state index is 0.0277. The van der Waals surface area contributed by atoms with E-state index in [0.717, 1.165) is 21.5 Å². The van der Waals surface area contributed by atoms with Crippen molar-refractivity contribution >= 4 is 39.1 Å². The molecule has 0 spiro atoms. The Balaban J connectivity index is 1.87. The molecule has 5 heteroatoms. The van der Waals surface area contributed by atoms with Gasteiger partial charge in [0.05, 0.1) is 12.1 Å². The van der Waals surface area contributed by atoms with E-state index < -0.39 is 0 Å². The van der Waals surface area contributed by atoms with E-state index in [1.807, 2.05) is 24.3 Å². The van der Waals surface area contributed by atoms with Crippen molar-refractivity contribution in [2.45, 2.75) is 12.8 Å². The zero-order valence-electron chi connectivity index (χ0n) is 11.5. The summed E-state index contributed by atoms with van der Waals surface area (Å²) >= 11 is 9.24. The molecule has 0 aliphatic rings. The van der Waals surface area contributed by atoms with Crippen molar-refractivity contribution in [1.82, 2.24) is 0 Å². The number of carbonyl (C=O) groups excluding carboxylic acids is 1. The lowest BCUT2D eigenvalue weighted by Gasteiger charge is -2.07. The largest absolute Gasteiger partial charge is 0.497 e. The summed E-state index contributed by atoms with van der Waals surface area (Å²) in [6.07, 6.45) is 1.11. The number of carbonyl (C=O) groups is 1. The average Bonchev–Trinajstić information content (AvgIpc) is 2.49. The molecule has 0 aromatic heterocycles. The summed E-state index contributed by atoms with van der Waals surface area (Å²) < 4.78 is 5.86. The summed E-state index contributed by atoms with van der Waals surface area (Å²) in [6, 6.07) is 13.0. The number of halogens is 2. The van der Waals surface area contributed by atoms with Crippen molar-refractivity contribution < 1.29 is 9.53 Å². The van der Waals surface area contributed by atoms with Crippen LogP contribution in [-0.4, -0.2) is 13.0 Å². The van der Waals surface area contributed by atoms with E-state index in [9.17, 15) is 4.79 Å². The van der Waals surface area contributed by atoms with Gasteiger partial charge in [-0.2, -0.15) is 0 Å². The molecular formula is C16H15BrClNO2. The molecule has 0 aliphatic carbocycles. The SMILES string of the molecule is COc1ccc(CCC(=O)Nc2ccc(Cl)c(Br)c2)cc1. The molecule has 2 aromatic rings. The predicted octanol–water partition coefficient (Wildman–Crippen LogP) is 4.68. The van der Waals surface area contributed by atoms with Gasteiger partial charge in [-0.05, 0) is 58.2 Å². The Labute approximate surface area is 137 Å². The van der Waals surface area contributed by atoms with Gasteiger partial charge in [-0.15, -0.1) is 0 Å². The van der Waals surface area contributed by atoms with Crippen molar-refractivity contribution in [3.63, 3.8) is 0 Å². The van der Waals surface area contributed by atoms with Gasteiger partial charge in [0.1, 0.15) is 5.75 Å². The maximum absolute atomic E-state index is 11.9. The van der Waals surface area contributed by atoms with E-state index in [1.165, 1.54) is 0 Å². The summed E-state index contributed by atoms with van der Waals surface area (Å²) in [5.74, 6) is 0.786. The van der Waals surface area contributed by atoms with E-state index in [2.05, 4.69) is 21.2 Å². The number of amides is 1. The Morgan fingerprint density at radius 3 is 2.57 bits per heavy atom. The van der Waals surface area contributed by atoms with E-state index in [0.29, 0.717) is 17.9 Å². The summed E-state index contributed by atoms with van der Waals surface area (Å²) in [6.45, 7) is 0. The molecule has 1 amide bonds. The van der Waals surface area contributed by atoms with Crippen LogP contribution in [-0.2, 0) is 11.2 Å². The highest BCUT2D eigenvalue weighted by molar-refractivity contribution is 9.10. The smallest absolute Gasteiger partial charge is 0.224 e. The van der Waals surface area contributed by atoms with Crippen molar-refractivity contribution in [2.24, 2.45) is 0 Å². The first-order valence-corrected chi connectivity index (χ1v) is 7.63. The van der Waals surface area contributed by atoms with Crippen molar-refractivity contribution in [2.75, 3.05) is 12.4 Å². The monoisotopic (exact) mass is 367 g/mol. The van der Waals surface area contributed by atoms with Crippen LogP contribution in [0.5, 0.6) is 5.75 Å². The molecule has 0 unspecified atom stereocenters. The minimum atomic E-state index is -0.0277. The van der Waals surface area contributed by atoms with Crippen molar-refractivity contribution in [3.05, 3.63) is 57.5 Å². The van der Waals surface area contributed by atoms with Crippen molar-refractivity contribution in [3.8, 4) is 5.75 Å². The fourth-order valence-electron chi connectivity index (χ4n) is 1.85. The molecule has 0 heterocycles. The standard InChI is InChI=1S/C16H15BrClNO2/c1-21-13-6-2-11(3-7-13)4-9-16(20)19-12-5-8-15(18)14(17)10-12/h2-3,5-8,10H,4,9H2,1H3,(H,19,20). The predicted molar refractivity (Wildman–Crippen MR) is 89.1 cm³/mol. The van der Waals surface area contributed by atoms with Crippen LogP contribution in [0.25, 0.3) is 0 Å². The molecule has 0 radical (unpaired) electrons. The molecular weight excluding hydrogens is 354 g/mol. The van der Waals surface area contributed by atoms with Gasteiger partial charge in [0.2, 0.25) is 5.91 Å². The molecule has 0 atom stereocenters. The molecule has 0 bridgehead atoms. The number of rotatable bonds is 5. The van der Waals surface area contributed by atoms with Crippen LogP contribution in [0.4, 0.5) is 5.69 Å². The normalized spacial score (nSPS) is 10.2. The highest BCUT2D eigenvalue weighted by Crippen LogP contribution is 2.25. The second-order valence-corrected chi connectivity index (χ2v) is 5.79. The fraction of sp³-hybridized carbons (Fsp3) is 0.188. The molecule has 2 rings (SSSR count). The summed E-state index contributed by atoms with van der Waals surface area (Å²) in [7, 11) is 1.63. The molecule has 1 N–H and O–H groups in total. The van der Waals surface area contributed by atoms with Crippen LogP contribution in [0.15, 0.2) is 46.9 Å². The lowest BCUT2D eigenvalue weighted by Crippen LogP contribution is -2.12. The van der Waals surface area contributed by atoms with Gasteiger partial charge in [0.25, 0.3) is 0 Å². The Hall–Kier alpha value is -1.52. The first-order valence-electron chi connectivity index (χ1n) is 6.46. The first kappa shape index (κ1) is 15.9. The van der Waals surface area contributed by atoms with E-state index in [4.69, 9.17) is 16.3 Å². The van der Waals surface area contributed by atoms with Gasteiger partial charge >= 0.3 is 0 Å². The van der Waals surface area contributed by atoms with Crippen LogP contribution in [0, 0.1) is 0 Å². The Kier molecular flexibility index (Phi) is 5.65. The van der Waals surface area contributed by atoms with Crippen LogP contribution in [0.3, 0.4) is 0 Å². The number of aryl methyl sites for hydroxylation is 1. The summed E-state index contributed by atoms with van der Waals surface area (Å²) in [5.41, 5.74) is 1.83. The molecule has 2 aromatic carbocycles. The molecule has 0 saturated carbocycles. The second kappa shape index (κ2) is 7.48. The Morgan fingerprint density at radius 2 is 1.95 bits per heavy atom. The third-order valence-corrected chi connectivity index (χ3v) is 4.22. The van der Waals surface area contributed by atoms with Crippen LogP contribution >= 0.6 is 27.5 Å². The number of hydrogen-bond donors (Lipinski definition) is 1. The van der Waals surface area contributed by atoms with E-state index >= 15 is 0 Å². The molecule has 0 fully saturated rings. The topological polar surface area (TPSA) is 38.3 Å².